The fourth-order valence-corrected chi connectivity index (χ4v) is 3.92. The van der Waals surface area contributed by atoms with Crippen LogP contribution in [0.3, 0.4) is 0 Å². The lowest BCUT2D eigenvalue weighted by Gasteiger charge is -2.36. The Labute approximate surface area is 121 Å². The minimum absolute atomic E-state index is 0.0304. The fourth-order valence-electron chi connectivity index (χ4n) is 2.18. The zero-order chi connectivity index (χ0) is 15.8. The van der Waals surface area contributed by atoms with Crippen molar-refractivity contribution in [1.82, 2.24) is 4.31 Å². The Balaban J connectivity index is 2.46. The molecule has 0 spiro atoms. The number of nitrogens with two attached hydrogens (primary N) is 1. The molecule has 9 heteroatoms. The average Bonchev–Trinajstić information content (AvgIpc) is 2.37. The molecule has 0 bridgehead atoms. The summed E-state index contributed by atoms with van der Waals surface area (Å²) in [4.78, 5) is -1.04. The van der Waals surface area contributed by atoms with Gasteiger partial charge in [0, 0.05) is 18.3 Å². The number of anilines is 1. The van der Waals surface area contributed by atoms with Crippen molar-refractivity contribution < 1.29 is 27.0 Å². The van der Waals surface area contributed by atoms with Crippen molar-refractivity contribution in [2.24, 2.45) is 0 Å². The maximum absolute atomic E-state index is 13.9. The van der Waals surface area contributed by atoms with Gasteiger partial charge in [-0.1, -0.05) is 0 Å². The summed E-state index contributed by atoms with van der Waals surface area (Å²) in [6, 6.07) is 0.906. The molecule has 2 atom stereocenters. The SMILES string of the molecule is CC1COC(CO)CN1S(=O)(=O)c1c(F)cc(N)cc1F. The van der Waals surface area contributed by atoms with Gasteiger partial charge in [-0.2, -0.15) is 4.31 Å². The number of halogens is 2. The molecule has 1 fully saturated rings. The summed E-state index contributed by atoms with van der Waals surface area (Å²) in [5, 5.41) is 9.07. The minimum Gasteiger partial charge on any atom is -0.399 e. The van der Waals surface area contributed by atoms with Crippen LogP contribution in [0.15, 0.2) is 17.0 Å². The van der Waals surface area contributed by atoms with Crippen LogP contribution >= 0.6 is 0 Å². The molecule has 118 valence electrons. The first-order chi connectivity index (χ1) is 9.77. The second kappa shape index (κ2) is 5.84. The van der Waals surface area contributed by atoms with E-state index in [9.17, 15) is 17.2 Å². The van der Waals surface area contributed by atoms with Crippen LogP contribution in [0, 0.1) is 11.6 Å². The maximum Gasteiger partial charge on any atom is 0.249 e. The van der Waals surface area contributed by atoms with E-state index in [1.54, 1.807) is 6.92 Å². The molecule has 1 aromatic rings. The molecule has 0 radical (unpaired) electrons. The van der Waals surface area contributed by atoms with E-state index < -0.39 is 38.7 Å². The molecule has 1 aromatic carbocycles. The highest BCUT2D eigenvalue weighted by Crippen LogP contribution is 2.28. The van der Waals surface area contributed by atoms with Crippen LogP contribution in [0.4, 0.5) is 14.5 Å². The van der Waals surface area contributed by atoms with E-state index in [1.807, 2.05) is 0 Å². The molecular weight excluding hydrogens is 306 g/mol. The highest BCUT2D eigenvalue weighted by molar-refractivity contribution is 7.89. The predicted octanol–water partition coefficient (Wildman–Crippen LogP) is 0.317. The van der Waals surface area contributed by atoms with Crippen LogP contribution in [0.25, 0.3) is 0 Å². The number of sulfonamides is 1. The Morgan fingerprint density at radius 1 is 1.43 bits per heavy atom. The number of aliphatic hydroxyl groups is 1. The van der Waals surface area contributed by atoms with E-state index in [0.29, 0.717) is 0 Å². The van der Waals surface area contributed by atoms with Crippen molar-refractivity contribution >= 4 is 15.7 Å². The molecule has 2 rings (SSSR count). The lowest BCUT2D eigenvalue weighted by atomic mass is 10.2. The fraction of sp³-hybridized carbons (Fsp3) is 0.500. The normalized spacial score (nSPS) is 24.2. The Morgan fingerprint density at radius 3 is 2.52 bits per heavy atom. The largest absolute Gasteiger partial charge is 0.399 e. The standard InChI is InChI=1S/C12H16F2N2O4S/c1-7-6-20-9(5-17)4-16(7)21(18,19)12-10(13)2-8(15)3-11(12)14/h2-3,7,9,17H,4-6,15H2,1H3. The number of aliphatic hydroxyl groups excluding tert-OH is 1. The summed E-state index contributed by atoms with van der Waals surface area (Å²) in [6.45, 7) is 1.02. The number of hydrogen-bond acceptors (Lipinski definition) is 5. The van der Waals surface area contributed by atoms with Crippen molar-refractivity contribution in [3.05, 3.63) is 23.8 Å². The number of ether oxygens (including phenoxy) is 1. The van der Waals surface area contributed by atoms with Gasteiger partial charge in [-0.3, -0.25) is 0 Å². The van der Waals surface area contributed by atoms with E-state index in [0.717, 1.165) is 16.4 Å². The van der Waals surface area contributed by atoms with Gasteiger partial charge in [0.05, 0.1) is 19.3 Å². The lowest BCUT2D eigenvalue weighted by molar-refractivity contribution is -0.0517. The minimum atomic E-state index is -4.40. The van der Waals surface area contributed by atoms with Gasteiger partial charge in [-0.25, -0.2) is 17.2 Å². The zero-order valence-electron chi connectivity index (χ0n) is 11.3. The number of benzene rings is 1. The molecule has 0 aromatic heterocycles. The van der Waals surface area contributed by atoms with Gasteiger partial charge >= 0.3 is 0 Å². The third-order valence-electron chi connectivity index (χ3n) is 3.24. The van der Waals surface area contributed by atoms with E-state index in [4.69, 9.17) is 15.6 Å². The number of morpholine rings is 1. The Bertz CT molecular complexity index is 615. The average molecular weight is 322 g/mol. The summed E-state index contributed by atoms with van der Waals surface area (Å²) in [6.07, 6.45) is -0.726. The van der Waals surface area contributed by atoms with E-state index in [1.165, 1.54) is 0 Å². The predicted molar refractivity (Wildman–Crippen MR) is 71.0 cm³/mol. The highest BCUT2D eigenvalue weighted by atomic mass is 32.2. The first-order valence-electron chi connectivity index (χ1n) is 6.26. The smallest absolute Gasteiger partial charge is 0.249 e. The molecule has 0 saturated carbocycles. The lowest BCUT2D eigenvalue weighted by Crippen LogP contribution is -2.52. The van der Waals surface area contributed by atoms with Gasteiger partial charge in [-0.05, 0) is 19.1 Å². The molecule has 3 N–H and O–H groups in total. The van der Waals surface area contributed by atoms with Gasteiger partial charge < -0.3 is 15.6 Å². The van der Waals surface area contributed by atoms with Gasteiger partial charge in [0.15, 0.2) is 4.90 Å². The van der Waals surface area contributed by atoms with E-state index >= 15 is 0 Å². The van der Waals surface area contributed by atoms with Gasteiger partial charge in [-0.15, -0.1) is 0 Å². The van der Waals surface area contributed by atoms with Crippen LogP contribution < -0.4 is 5.73 Å². The second-order valence-corrected chi connectivity index (χ2v) is 6.70. The Hall–Kier alpha value is -1.29. The number of nitrogen functional groups attached to an aromatic ring is 1. The van der Waals surface area contributed by atoms with Crippen LogP contribution in [-0.2, 0) is 14.8 Å². The Morgan fingerprint density at radius 2 is 2.00 bits per heavy atom. The van der Waals surface area contributed by atoms with Crippen LogP contribution in [-0.4, -0.2) is 49.7 Å². The van der Waals surface area contributed by atoms with E-state index in [2.05, 4.69) is 0 Å². The molecule has 2 unspecified atom stereocenters. The van der Waals surface area contributed by atoms with E-state index in [-0.39, 0.29) is 25.4 Å². The summed E-state index contributed by atoms with van der Waals surface area (Å²) < 4.78 is 58.8. The van der Waals surface area contributed by atoms with Crippen LogP contribution in [0.2, 0.25) is 0 Å². The topological polar surface area (TPSA) is 92.9 Å². The molecule has 1 saturated heterocycles. The molecule has 21 heavy (non-hydrogen) atoms. The summed E-state index contributed by atoms with van der Waals surface area (Å²) >= 11 is 0. The monoisotopic (exact) mass is 322 g/mol. The third-order valence-corrected chi connectivity index (χ3v) is 5.27. The molecule has 0 aliphatic carbocycles. The van der Waals surface area contributed by atoms with Crippen molar-refractivity contribution in [2.75, 3.05) is 25.5 Å². The first-order valence-corrected chi connectivity index (χ1v) is 7.70. The zero-order valence-corrected chi connectivity index (χ0v) is 12.1. The van der Waals surface area contributed by atoms with Crippen molar-refractivity contribution in [1.29, 1.82) is 0 Å². The molecule has 1 aliphatic heterocycles. The number of nitrogens with zero attached hydrogens (tertiary/aromatic N) is 1. The summed E-state index contributed by atoms with van der Waals surface area (Å²) in [5.74, 6) is -2.49. The summed E-state index contributed by atoms with van der Waals surface area (Å²) in [7, 11) is -4.40. The van der Waals surface area contributed by atoms with Gasteiger partial charge in [0.1, 0.15) is 11.6 Å². The molecule has 0 amide bonds. The molecule has 1 aliphatic rings. The quantitative estimate of drug-likeness (QED) is 0.782. The third kappa shape index (κ3) is 3.00. The van der Waals surface area contributed by atoms with Crippen molar-refractivity contribution in [2.45, 2.75) is 24.0 Å². The molecule has 6 nitrogen and oxygen atoms in total. The van der Waals surface area contributed by atoms with Crippen LogP contribution in [0.5, 0.6) is 0 Å². The Kier molecular flexibility index (Phi) is 4.47. The van der Waals surface area contributed by atoms with Crippen LogP contribution in [0.1, 0.15) is 6.92 Å². The van der Waals surface area contributed by atoms with Gasteiger partial charge in [0.2, 0.25) is 10.0 Å². The first kappa shape index (κ1) is 16.1. The maximum atomic E-state index is 13.9. The van der Waals surface area contributed by atoms with Gasteiger partial charge in [0.25, 0.3) is 0 Å². The number of hydrogen-bond donors (Lipinski definition) is 2. The van der Waals surface area contributed by atoms with Crippen molar-refractivity contribution in [3.63, 3.8) is 0 Å². The highest BCUT2D eigenvalue weighted by Gasteiger charge is 2.38. The summed E-state index contributed by atoms with van der Waals surface area (Å²) in [5.41, 5.74) is 5.08. The second-order valence-electron chi connectivity index (χ2n) is 4.88. The number of rotatable bonds is 3. The molecule has 1 heterocycles. The molecular formula is C12H16F2N2O4S. The van der Waals surface area contributed by atoms with Crippen molar-refractivity contribution in [3.8, 4) is 0 Å².